The zero-order valence-electron chi connectivity index (χ0n) is 18.0. The summed E-state index contributed by atoms with van der Waals surface area (Å²) >= 11 is 0. The maximum atomic E-state index is 12.0. The molecule has 7 heteroatoms. The number of hydrogen-bond donors (Lipinski definition) is 2. The van der Waals surface area contributed by atoms with Gasteiger partial charge in [-0.25, -0.2) is 4.79 Å². The number of nitrogens with one attached hydrogen (secondary N) is 2. The van der Waals surface area contributed by atoms with E-state index in [1.54, 1.807) is 0 Å². The van der Waals surface area contributed by atoms with Gasteiger partial charge in [-0.3, -0.25) is 4.99 Å². The van der Waals surface area contributed by atoms with E-state index in [1.165, 1.54) is 24.8 Å². The molecule has 1 unspecified atom stereocenters. The van der Waals surface area contributed by atoms with Crippen LogP contribution in [0.2, 0.25) is 0 Å². The Bertz CT molecular complexity index is 699. The summed E-state index contributed by atoms with van der Waals surface area (Å²) in [5.74, 6) is 0.913. The lowest BCUT2D eigenvalue weighted by Gasteiger charge is -2.43. The van der Waals surface area contributed by atoms with E-state index < -0.39 is 5.60 Å². The van der Waals surface area contributed by atoms with E-state index in [0.717, 1.165) is 32.0 Å². The summed E-state index contributed by atoms with van der Waals surface area (Å²) in [4.78, 5) is 18.7. The number of carbonyl (C=O) groups excluding carboxylic acids is 1. The second-order valence-corrected chi connectivity index (χ2v) is 8.98. The number of ether oxygens (including phenoxy) is 1. The number of rotatable bonds is 4. The number of halogens is 1. The maximum absolute atomic E-state index is 12.0. The van der Waals surface area contributed by atoms with Gasteiger partial charge in [0.2, 0.25) is 0 Å². The molecule has 162 valence electrons. The van der Waals surface area contributed by atoms with Gasteiger partial charge in [0, 0.05) is 32.1 Å². The Labute approximate surface area is 191 Å². The summed E-state index contributed by atoms with van der Waals surface area (Å²) in [7, 11) is 1.83. The molecule has 6 nitrogen and oxygen atoms in total. The lowest BCUT2D eigenvalue weighted by Crippen LogP contribution is -2.50. The molecule has 1 aromatic rings. The molecule has 1 atom stereocenters. The van der Waals surface area contributed by atoms with Crippen LogP contribution in [0.1, 0.15) is 52.0 Å². The van der Waals surface area contributed by atoms with Crippen molar-refractivity contribution in [2.45, 2.75) is 63.5 Å². The topological polar surface area (TPSA) is 66.0 Å². The molecule has 1 saturated carbocycles. The summed E-state index contributed by atoms with van der Waals surface area (Å²) in [6.07, 6.45) is 4.25. The summed E-state index contributed by atoms with van der Waals surface area (Å²) < 4.78 is 5.37. The Hall–Kier alpha value is -1.51. The van der Waals surface area contributed by atoms with Crippen LogP contribution < -0.4 is 10.6 Å². The van der Waals surface area contributed by atoms with Gasteiger partial charge < -0.3 is 20.3 Å². The zero-order valence-corrected chi connectivity index (χ0v) is 20.4. The molecule has 0 radical (unpaired) electrons. The van der Waals surface area contributed by atoms with Crippen molar-refractivity contribution in [2.75, 3.05) is 26.7 Å². The van der Waals surface area contributed by atoms with Crippen molar-refractivity contribution < 1.29 is 9.53 Å². The van der Waals surface area contributed by atoms with Crippen LogP contribution in [0.3, 0.4) is 0 Å². The van der Waals surface area contributed by atoms with Crippen molar-refractivity contribution in [2.24, 2.45) is 4.99 Å². The monoisotopic (exact) mass is 514 g/mol. The molecule has 1 aliphatic heterocycles. The van der Waals surface area contributed by atoms with Gasteiger partial charge in [0.05, 0.1) is 6.04 Å². The van der Waals surface area contributed by atoms with Crippen molar-refractivity contribution in [3.63, 3.8) is 0 Å². The van der Waals surface area contributed by atoms with Crippen LogP contribution in [0.5, 0.6) is 0 Å². The van der Waals surface area contributed by atoms with Gasteiger partial charge in [-0.05, 0) is 45.6 Å². The van der Waals surface area contributed by atoms with E-state index in [0.29, 0.717) is 0 Å². The number of benzene rings is 1. The molecule has 0 bridgehead atoms. The van der Waals surface area contributed by atoms with Crippen molar-refractivity contribution >= 4 is 36.0 Å². The first kappa shape index (κ1) is 23.8. The third-order valence-electron chi connectivity index (χ3n) is 5.70. The molecule has 0 aromatic heterocycles. The highest BCUT2D eigenvalue weighted by molar-refractivity contribution is 14.0. The number of carbonyl (C=O) groups is 1. The first-order valence-electron chi connectivity index (χ1n) is 10.3. The second-order valence-electron chi connectivity index (χ2n) is 8.98. The number of hydrogen-bond acceptors (Lipinski definition) is 3. The van der Waals surface area contributed by atoms with E-state index in [9.17, 15) is 4.79 Å². The van der Waals surface area contributed by atoms with Gasteiger partial charge in [-0.1, -0.05) is 36.8 Å². The zero-order chi connectivity index (χ0) is 20.2. The number of likely N-dealkylation sites (tertiary alicyclic amines) is 1. The molecule has 1 heterocycles. The molecule has 3 rings (SSSR count). The molecule has 2 aliphatic rings. The maximum Gasteiger partial charge on any atom is 0.407 e. The van der Waals surface area contributed by atoms with Gasteiger partial charge in [0.15, 0.2) is 5.96 Å². The minimum Gasteiger partial charge on any atom is -0.444 e. The predicted octanol–water partition coefficient (Wildman–Crippen LogP) is 3.90. The van der Waals surface area contributed by atoms with E-state index >= 15 is 0 Å². The smallest absolute Gasteiger partial charge is 0.407 e. The fraction of sp³-hybridized carbons (Fsp3) is 0.636. The lowest BCUT2D eigenvalue weighted by molar-refractivity contribution is 0.0507. The molecule has 0 spiro atoms. The molecular weight excluding hydrogens is 479 g/mol. The number of nitrogens with zero attached hydrogens (tertiary/aromatic N) is 2. The quantitative estimate of drug-likeness (QED) is 0.364. The van der Waals surface area contributed by atoms with Crippen LogP contribution in [-0.4, -0.2) is 55.3 Å². The number of guanidine groups is 1. The van der Waals surface area contributed by atoms with Gasteiger partial charge in [-0.2, -0.15) is 0 Å². The molecule has 2 fully saturated rings. The minimum atomic E-state index is -0.478. The summed E-state index contributed by atoms with van der Waals surface area (Å²) in [5, 5.41) is 6.58. The normalized spacial score (nSPS) is 21.0. The molecule has 29 heavy (non-hydrogen) atoms. The van der Waals surface area contributed by atoms with Crippen LogP contribution in [0, 0.1) is 0 Å². The average Bonchev–Trinajstić information content (AvgIpc) is 3.04. The third-order valence-corrected chi connectivity index (χ3v) is 5.70. The molecule has 1 amide bonds. The summed E-state index contributed by atoms with van der Waals surface area (Å²) in [6.45, 7) is 8.15. The highest BCUT2D eigenvalue weighted by Gasteiger charge is 2.39. The lowest BCUT2D eigenvalue weighted by atomic mass is 9.64. The standard InChI is InChI=1S/C22H34N4O2.HI/c1-21(2,3)28-20(27)25-18-11-14-26(15-18)19(23-4)24-16-22(12-8-13-22)17-9-6-5-7-10-17;/h5-7,9-10,18H,8,11-16H2,1-4H3,(H,23,24)(H,25,27);1H. The summed E-state index contributed by atoms with van der Waals surface area (Å²) in [6, 6.07) is 10.9. The molecule has 1 aliphatic carbocycles. The van der Waals surface area contributed by atoms with Gasteiger partial charge in [0.25, 0.3) is 0 Å². The van der Waals surface area contributed by atoms with Crippen molar-refractivity contribution in [3.8, 4) is 0 Å². The Morgan fingerprint density at radius 3 is 2.52 bits per heavy atom. The van der Waals surface area contributed by atoms with Crippen LogP contribution in [0.4, 0.5) is 4.79 Å². The fourth-order valence-electron chi connectivity index (χ4n) is 4.09. The van der Waals surface area contributed by atoms with Crippen molar-refractivity contribution in [3.05, 3.63) is 35.9 Å². The third kappa shape index (κ3) is 6.23. The molecular formula is C22H35IN4O2. The summed E-state index contributed by atoms with van der Waals surface area (Å²) in [5.41, 5.74) is 1.15. The van der Waals surface area contributed by atoms with E-state index in [4.69, 9.17) is 4.74 Å². The molecule has 2 N–H and O–H groups in total. The van der Waals surface area contributed by atoms with E-state index in [-0.39, 0.29) is 41.5 Å². The van der Waals surface area contributed by atoms with Crippen molar-refractivity contribution in [1.29, 1.82) is 0 Å². The number of aliphatic imine (C=N–C) groups is 1. The van der Waals surface area contributed by atoms with E-state index in [1.807, 2.05) is 27.8 Å². The van der Waals surface area contributed by atoms with Gasteiger partial charge >= 0.3 is 6.09 Å². The highest BCUT2D eigenvalue weighted by atomic mass is 127. The second kappa shape index (κ2) is 10.00. The number of alkyl carbamates (subject to hydrolysis) is 1. The van der Waals surface area contributed by atoms with E-state index in [2.05, 4.69) is 50.9 Å². The first-order valence-corrected chi connectivity index (χ1v) is 10.3. The Kier molecular flexibility index (Phi) is 8.19. The van der Waals surface area contributed by atoms with Crippen LogP contribution in [0.25, 0.3) is 0 Å². The van der Waals surface area contributed by atoms with Crippen LogP contribution in [-0.2, 0) is 10.2 Å². The number of amides is 1. The van der Waals surface area contributed by atoms with Gasteiger partial charge in [0.1, 0.15) is 5.60 Å². The predicted molar refractivity (Wildman–Crippen MR) is 128 cm³/mol. The van der Waals surface area contributed by atoms with Crippen LogP contribution >= 0.6 is 24.0 Å². The Morgan fingerprint density at radius 1 is 1.28 bits per heavy atom. The molecule has 1 saturated heterocycles. The molecule has 1 aromatic carbocycles. The van der Waals surface area contributed by atoms with Crippen molar-refractivity contribution in [1.82, 2.24) is 15.5 Å². The van der Waals surface area contributed by atoms with Gasteiger partial charge in [-0.15, -0.1) is 24.0 Å². The SMILES string of the molecule is CN=C(NCC1(c2ccccc2)CCC1)N1CCC(NC(=O)OC(C)(C)C)C1.I. The highest BCUT2D eigenvalue weighted by Crippen LogP contribution is 2.43. The largest absolute Gasteiger partial charge is 0.444 e. The first-order chi connectivity index (χ1) is 13.3. The Morgan fingerprint density at radius 2 is 1.97 bits per heavy atom. The Balaban J connectivity index is 0.00000300. The van der Waals surface area contributed by atoms with Crippen LogP contribution in [0.15, 0.2) is 35.3 Å². The average molecular weight is 514 g/mol. The minimum absolute atomic E-state index is 0. The fourth-order valence-corrected chi connectivity index (χ4v) is 4.09.